The highest BCUT2D eigenvalue weighted by Crippen LogP contribution is 2.12. The smallest absolute Gasteiger partial charge is 0.305 e. The van der Waals surface area contributed by atoms with Crippen molar-refractivity contribution in [2.24, 2.45) is 11.1 Å². The van der Waals surface area contributed by atoms with Crippen LogP contribution in [0.15, 0.2) is 24.3 Å². The van der Waals surface area contributed by atoms with E-state index in [-0.39, 0.29) is 30.5 Å². The molecule has 0 spiro atoms. The SMILES string of the molecule is CC(C)CN(CCC(=O)O)C(=O)c1cccc(CS(N)(=O)=O)c1. The van der Waals surface area contributed by atoms with Gasteiger partial charge >= 0.3 is 5.97 Å². The minimum Gasteiger partial charge on any atom is -0.481 e. The van der Waals surface area contributed by atoms with Crippen molar-refractivity contribution in [1.29, 1.82) is 0 Å². The van der Waals surface area contributed by atoms with E-state index < -0.39 is 16.0 Å². The normalized spacial score (nSPS) is 11.5. The predicted octanol–water partition coefficient (Wildman–Crippen LogP) is 1.05. The first-order valence-electron chi connectivity index (χ1n) is 7.19. The Kier molecular flexibility index (Phi) is 6.71. The molecule has 23 heavy (non-hydrogen) atoms. The van der Waals surface area contributed by atoms with Crippen molar-refractivity contribution in [3.63, 3.8) is 0 Å². The number of benzene rings is 1. The monoisotopic (exact) mass is 342 g/mol. The van der Waals surface area contributed by atoms with Crippen LogP contribution in [0.25, 0.3) is 0 Å². The van der Waals surface area contributed by atoms with Gasteiger partial charge in [0.15, 0.2) is 0 Å². The van der Waals surface area contributed by atoms with Gasteiger partial charge in [0.2, 0.25) is 10.0 Å². The maximum Gasteiger partial charge on any atom is 0.305 e. The Balaban J connectivity index is 2.98. The molecule has 128 valence electrons. The van der Waals surface area contributed by atoms with E-state index in [0.29, 0.717) is 17.7 Å². The molecule has 7 nitrogen and oxygen atoms in total. The van der Waals surface area contributed by atoms with Crippen LogP contribution in [0.5, 0.6) is 0 Å². The summed E-state index contributed by atoms with van der Waals surface area (Å²) in [7, 11) is -3.68. The molecule has 0 aliphatic heterocycles. The lowest BCUT2D eigenvalue weighted by atomic mass is 10.1. The van der Waals surface area contributed by atoms with Gasteiger partial charge in [-0.3, -0.25) is 9.59 Å². The van der Waals surface area contributed by atoms with Crippen LogP contribution >= 0.6 is 0 Å². The molecule has 0 radical (unpaired) electrons. The summed E-state index contributed by atoms with van der Waals surface area (Å²) in [5, 5.41) is 13.8. The highest BCUT2D eigenvalue weighted by molar-refractivity contribution is 7.88. The second-order valence-electron chi connectivity index (χ2n) is 5.80. The van der Waals surface area contributed by atoms with Crippen LogP contribution in [0.2, 0.25) is 0 Å². The van der Waals surface area contributed by atoms with Gasteiger partial charge in [0.1, 0.15) is 0 Å². The lowest BCUT2D eigenvalue weighted by Crippen LogP contribution is -2.36. The van der Waals surface area contributed by atoms with Gasteiger partial charge in [-0.25, -0.2) is 13.6 Å². The summed E-state index contributed by atoms with van der Waals surface area (Å²) in [6.45, 7) is 4.38. The fourth-order valence-corrected chi connectivity index (χ4v) is 2.80. The van der Waals surface area contributed by atoms with Crippen LogP contribution in [0, 0.1) is 5.92 Å². The number of hydrogen-bond acceptors (Lipinski definition) is 4. The van der Waals surface area contributed by atoms with E-state index in [0.717, 1.165) is 0 Å². The molecule has 1 aromatic rings. The van der Waals surface area contributed by atoms with E-state index in [1.807, 2.05) is 13.8 Å². The molecule has 1 amide bonds. The quantitative estimate of drug-likeness (QED) is 0.732. The van der Waals surface area contributed by atoms with Gasteiger partial charge in [0, 0.05) is 18.7 Å². The summed E-state index contributed by atoms with van der Waals surface area (Å²) in [5.41, 5.74) is 0.735. The van der Waals surface area contributed by atoms with E-state index in [4.69, 9.17) is 10.2 Å². The van der Waals surface area contributed by atoms with E-state index in [1.54, 1.807) is 18.2 Å². The lowest BCUT2D eigenvalue weighted by Gasteiger charge is -2.24. The molecular weight excluding hydrogens is 320 g/mol. The summed E-state index contributed by atoms with van der Waals surface area (Å²) in [6.07, 6.45) is -0.144. The third-order valence-corrected chi connectivity index (χ3v) is 3.75. The highest BCUT2D eigenvalue weighted by Gasteiger charge is 2.18. The average Bonchev–Trinajstić information content (AvgIpc) is 2.40. The van der Waals surface area contributed by atoms with Crippen LogP contribution < -0.4 is 5.14 Å². The molecule has 0 saturated carbocycles. The number of nitrogens with zero attached hydrogens (tertiary/aromatic N) is 1. The zero-order chi connectivity index (χ0) is 17.6. The first-order chi connectivity index (χ1) is 10.6. The number of rotatable bonds is 8. The summed E-state index contributed by atoms with van der Waals surface area (Å²) < 4.78 is 22.3. The Bertz CT molecular complexity index is 670. The Labute approximate surface area is 136 Å². The third kappa shape index (κ3) is 7.25. The van der Waals surface area contributed by atoms with Crippen LogP contribution in [0.1, 0.15) is 36.2 Å². The Morgan fingerprint density at radius 2 is 1.96 bits per heavy atom. The van der Waals surface area contributed by atoms with Crippen molar-refractivity contribution >= 4 is 21.9 Å². The number of sulfonamides is 1. The van der Waals surface area contributed by atoms with Crippen molar-refractivity contribution in [2.75, 3.05) is 13.1 Å². The van der Waals surface area contributed by atoms with Crippen LogP contribution in [-0.4, -0.2) is 43.4 Å². The minimum atomic E-state index is -3.68. The highest BCUT2D eigenvalue weighted by atomic mass is 32.2. The number of carbonyl (C=O) groups excluding carboxylic acids is 1. The third-order valence-electron chi connectivity index (χ3n) is 3.01. The molecule has 0 aliphatic rings. The van der Waals surface area contributed by atoms with Gasteiger partial charge in [-0.1, -0.05) is 26.0 Å². The number of amides is 1. The molecule has 3 N–H and O–H groups in total. The zero-order valence-corrected chi connectivity index (χ0v) is 14.0. The summed E-state index contributed by atoms with van der Waals surface area (Å²) in [4.78, 5) is 24.8. The van der Waals surface area contributed by atoms with Gasteiger partial charge in [0.05, 0.1) is 12.2 Å². The second kappa shape index (κ2) is 8.07. The number of carboxylic acids is 1. The largest absolute Gasteiger partial charge is 0.481 e. The molecular formula is C15H22N2O5S. The maximum atomic E-state index is 12.6. The Morgan fingerprint density at radius 1 is 1.30 bits per heavy atom. The Morgan fingerprint density at radius 3 is 2.48 bits per heavy atom. The summed E-state index contributed by atoms with van der Waals surface area (Å²) >= 11 is 0. The lowest BCUT2D eigenvalue weighted by molar-refractivity contribution is -0.137. The number of carboxylic acid groups (broad SMARTS) is 1. The number of carbonyl (C=O) groups is 2. The van der Waals surface area contributed by atoms with Crippen molar-refractivity contribution < 1.29 is 23.1 Å². The predicted molar refractivity (Wildman–Crippen MR) is 86.2 cm³/mol. The van der Waals surface area contributed by atoms with Crippen LogP contribution in [0.4, 0.5) is 0 Å². The maximum absolute atomic E-state index is 12.6. The number of aliphatic carboxylic acids is 1. The van der Waals surface area contributed by atoms with E-state index >= 15 is 0 Å². The number of hydrogen-bond donors (Lipinski definition) is 2. The second-order valence-corrected chi connectivity index (χ2v) is 7.41. The minimum absolute atomic E-state index is 0.103. The molecule has 0 aliphatic carbocycles. The van der Waals surface area contributed by atoms with Crippen molar-refractivity contribution in [1.82, 2.24) is 4.90 Å². The van der Waals surface area contributed by atoms with E-state index in [9.17, 15) is 18.0 Å². The van der Waals surface area contributed by atoms with Crippen molar-refractivity contribution in [2.45, 2.75) is 26.0 Å². The molecule has 0 fully saturated rings. The first kappa shape index (κ1) is 19.1. The standard InChI is InChI=1S/C15H22N2O5S/c1-11(2)9-17(7-6-14(18)19)15(20)13-5-3-4-12(8-13)10-23(16,21)22/h3-5,8,11H,6-7,9-10H2,1-2H3,(H,18,19)(H2,16,21,22). The van der Waals surface area contributed by atoms with Gasteiger partial charge in [0.25, 0.3) is 5.91 Å². The topological polar surface area (TPSA) is 118 Å². The van der Waals surface area contributed by atoms with Gasteiger partial charge in [-0.15, -0.1) is 0 Å². The molecule has 0 saturated heterocycles. The summed E-state index contributed by atoms with van der Waals surface area (Å²) in [6, 6.07) is 6.20. The number of nitrogens with two attached hydrogens (primary N) is 1. The van der Waals surface area contributed by atoms with Gasteiger partial charge < -0.3 is 10.0 Å². The van der Waals surface area contributed by atoms with Crippen LogP contribution in [0.3, 0.4) is 0 Å². The molecule has 0 aromatic heterocycles. The Hall–Kier alpha value is -1.93. The molecule has 1 rings (SSSR count). The van der Waals surface area contributed by atoms with Crippen LogP contribution in [-0.2, 0) is 20.6 Å². The molecule has 0 atom stereocenters. The fraction of sp³-hybridized carbons (Fsp3) is 0.467. The average molecular weight is 342 g/mol. The van der Waals surface area contributed by atoms with Crippen molar-refractivity contribution in [3.8, 4) is 0 Å². The molecule has 0 bridgehead atoms. The van der Waals surface area contributed by atoms with E-state index in [2.05, 4.69) is 0 Å². The molecule has 8 heteroatoms. The van der Waals surface area contributed by atoms with E-state index in [1.165, 1.54) is 11.0 Å². The molecule has 0 unspecified atom stereocenters. The van der Waals surface area contributed by atoms with Gasteiger partial charge in [-0.2, -0.15) is 0 Å². The fourth-order valence-electron chi connectivity index (χ4n) is 2.16. The van der Waals surface area contributed by atoms with Gasteiger partial charge in [-0.05, 0) is 23.6 Å². The molecule has 0 heterocycles. The number of primary sulfonamides is 1. The molecule has 1 aromatic carbocycles. The first-order valence-corrected chi connectivity index (χ1v) is 8.90. The van der Waals surface area contributed by atoms with Crippen molar-refractivity contribution in [3.05, 3.63) is 35.4 Å². The summed E-state index contributed by atoms with van der Waals surface area (Å²) in [5.74, 6) is -1.47. The zero-order valence-electron chi connectivity index (χ0n) is 13.2.